The zero-order valence-electron chi connectivity index (χ0n) is 9.89. The van der Waals surface area contributed by atoms with E-state index in [-0.39, 0.29) is 22.7 Å². The summed E-state index contributed by atoms with van der Waals surface area (Å²) in [4.78, 5) is -0.219. The van der Waals surface area contributed by atoms with Gasteiger partial charge in [0, 0.05) is 13.2 Å². The number of sulfonamides is 1. The highest BCUT2D eigenvalue weighted by Crippen LogP contribution is 2.26. The summed E-state index contributed by atoms with van der Waals surface area (Å²) >= 11 is 0. The molecule has 3 N–H and O–H groups in total. The van der Waals surface area contributed by atoms with Gasteiger partial charge in [-0.15, -0.1) is 0 Å². The molecule has 1 aliphatic carbocycles. The Bertz CT molecular complexity index is 541. The molecule has 0 heterocycles. The minimum Gasteiger partial charge on any atom is -0.398 e. The van der Waals surface area contributed by atoms with Gasteiger partial charge in [0.05, 0.1) is 11.8 Å². The second-order valence-corrected chi connectivity index (χ2v) is 6.01. The summed E-state index contributed by atoms with van der Waals surface area (Å²) in [5.41, 5.74) is 5.59. The largest absolute Gasteiger partial charge is 0.398 e. The number of ether oxygens (including phenoxy) is 1. The molecule has 1 saturated carbocycles. The maximum atomic E-state index is 13.1. The molecule has 18 heavy (non-hydrogen) atoms. The molecular weight excluding hydrogens is 259 g/mol. The van der Waals surface area contributed by atoms with Crippen LogP contribution in [0.3, 0.4) is 0 Å². The van der Waals surface area contributed by atoms with Gasteiger partial charge >= 0.3 is 0 Å². The molecule has 2 rings (SSSR count). The van der Waals surface area contributed by atoms with Crippen molar-refractivity contribution < 1.29 is 17.5 Å². The van der Waals surface area contributed by atoms with E-state index in [4.69, 9.17) is 10.5 Å². The fraction of sp³-hybridized carbons (Fsp3) is 0.455. The molecule has 0 aromatic heterocycles. The third-order valence-electron chi connectivity index (χ3n) is 3.02. The highest BCUT2D eigenvalue weighted by atomic mass is 32.2. The number of anilines is 1. The molecule has 0 radical (unpaired) electrons. The number of halogens is 1. The molecule has 1 aliphatic rings. The lowest BCUT2D eigenvalue weighted by molar-refractivity contribution is 0.0236. The lowest BCUT2D eigenvalue weighted by Crippen LogP contribution is -2.47. The van der Waals surface area contributed by atoms with Crippen molar-refractivity contribution in [1.82, 2.24) is 4.72 Å². The van der Waals surface area contributed by atoms with Crippen LogP contribution in [-0.2, 0) is 14.8 Å². The van der Waals surface area contributed by atoms with E-state index in [1.54, 1.807) is 7.11 Å². The second-order valence-electron chi connectivity index (χ2n) is 4.33. The number of methoxy groups -OCH3 is 1. The zero-order valence-corrected chi connectivity index (χ0v) is 10.7. The molecule has 1 aromatic carbocycles. The third-order valence-corrected chi connectivity index (χ3v) is 4.59. The molecule has 0 atom stereocenters. The van der Waals surface area contributed by atoms with Gasteiger partial charge in [-0.1, -0.05) is 0 Å². The van der Waals surface area contributed by atoms with Crippen molar-refractivity contribution in [3.63, 3.8) is 0 Å². The number of hydrogen-bond acceptors (Lipinski definition) is 4. The highest BCUT2D eigenvalue weighted by Gasteiger charge is 2.33. The van der Waals surface area contributed by atoms with E-state index in [1.807, 2.05) is 0 Å². The van der Waals surface area contributed by atoms with Crippen molar-refractivity contribution >= 4 is 15.7 Å². The second kappa shape index (κ2) is 4.83. The van der Waals surface area contributed by atoms with Gasteiger partial charge < -0.3 is 10.5 Å². The number of nitrogens with two attached hydrogens (primary N) is 1. The topological polar surface area (TPSA) is 81.4 Å². The van der Waals surface area contributed by atoms with Crippen LogP contribution in [0.5, 0.6) is 0 Å². The first-order valence-corrected chi connectivity index (χ1v) is 7.01. The molecule has 1 aromatic rings. The molecule has 5 nitrogen and oxygen atoms in total. The molecule has 1 fully saturated rings. The van der Waals surface area contributed by atoms with E-state index >= 15 is 0 Å². The average molecular weight is 274 g/mol. The van der Waals surface area contributed by atoms with Crippen LogP contribution in [0, 0.1) is 5.82 Å². The van der Waals surface area contributed by atoms with Gasteiger partial charge in [0.25, 0.3) is 0 Å². The van der Waals surface area contributed by atoms with Crippen molar-refractivity contribution in [2.45, 2.75) is 29.9 Å². The van der Waals surface area contributed by atoms with Crippen LogP contribution < -0.4 is 10.5 Å². The van der Waals surface area contributed by atoms with Crippen LogP contribution in [0.1, 0.15) is 12.8 Å². The van der Waals surface area contributed by atoms with Crippen LogP contribution in [0.25, 0.3) is 0 Å². The summed E-state index contributed by atoms with van der Waals surface area (Å²) in [6.45, 7) is 0. The monoisotopic (exact) mass is 274 g/mol. The smallest absolute Gasteiger partial charge is 0.242 e. The summed E-state index contributed by atoms with van der Waals surface area (Å²) in [5, 5.41) is 0. The Hall–Kier alpha value is -1.18. The Morgan fingerprint density at radius 3 is 2.72 bits per heavy atom. The molecule has 0 unspecified atom stereocenters. The van der Waals surface area contributed by atoms with E-state index in [2.05, 4.69) is 4.72 Å². The summed E-state index contributed by atoms with van der Waals surface area (Å²) in [6.07, 6.45) is 1.32. The van der Waals surface area contributed by atoms with E-state index < -0.39 is 15.8 Å². The van der Waals surface area contributed by atoms with E-state index in [9.17, 15) is 12.8 Å². The Balaban J connectivity index is 2.14. The maximum absolute atomic E-state index is 13.1. The third kappa shape index (κ3) is 2.63. The minimum atomic E-state index is -3.78. The van der Waals surface area contributed by atoms with Crippen LogP contribution >= 0.6 is 0 Å². The predicted molar refractivity (Wildman–Crippen MR) is 65.0 cm³/mol. The van der Waals surface area contributed by atoms with E-state index in [0.29, 0.717) is 12.8 Å². The minimum absolute atomic E-state index is 0.0338. The molecule has 7 heteroatoms. The molecule has 0 bridgehead atoms. The Kier molecular flexibility index (Phi) is 3.56. The normalized spacial score (nSPS) is 23.7. The number of hydrogen-bond donors (Lipinski definition) is 2. The fourth-order valence-corrected chi connectivity index (χ4v) is 3.28. The van der Waals surface area contributed by atoms with Crippen LogP contribution in [-0.4, -0.2) is 27.7 Å². The molecule has 100 valence electrons. The van der Waals surface area contributed by atoms with Crippen molar-refractivity contribution in [2.24, 2.45) is 0 Å². The van der Waals surface area contributed by atoms with Crippen LogP contribution in [0.15, 0.2) is 23.1 Å². The highest BCUT2D eigenvalue weighted by molar-refractivity contribution is 7.89. The number of rotatable bonds is 4. The predicted octanol–water partition coefficient (Wildman–Crippen LogP) is 0.864. The first kappa shape index (κ1) is 13.3. The van der Waals surface area contributed by atoms with Crippen molar-refractivity contribution in [3.8, 4) is 0 Å². The van der Waals surface area contributed by atoms with Gasteiger partial charge in [-0.25, -0.2) is 17.5 Å². The summed E-state index contributed by atoms with van der Waals surface area (Å²) in [6, 6.07) is 3.11. The van der Waals surface area contributed by atoms with E-state index in [1.165, 1.54) is 6.07 Å². The molecule has 0 saturated heterocycles. The Morgan fingerprint density at radius 2 is 2.11 bits per heavy atom. The van der Waals surface area contributed by atoms with Crippen molar-refractivity contribution in [1.29, 1.82) is 0 Å². The quantitative estimate of drug-likeness (QED) is 0.798. The van der Waals surface area contributed by atoms with Crippen LogP contribution in [0.2, 0.25) is 0 Å². The summed E-state index contributed by atoms with van der Waals surface area (Å²) < 4.78 is 44.6. The molecule has 0 spiro atoms. The Morgan fingerprint density at radius 1 is 1.44 bits per heavy atom. The van der Waals surface area contributed by atoms with Gasteiger partial charge in [-0.2, -0.15) is 0 Å². The van der Waals surface area contributed by atoms with Gasteiger partial charge in [0.1, 0.15) is 10.7 Å². The van der Waals surface area contributed by atoms with Gasteiger partial charge in [0.15, 0.2) is 0 Å². The SMILES string of the molecule is COC1CC(NS(=O)(=O)c2cc(F)ccc2N)C1. The number of benzene rings is 1. The summed E-state index contributed by atoms with van der Waals surface area (Å²) in [5.74, 6) is -0.632. The molecule has 0 amide bonds. The zero-order chi connectivity index (χ0) is 13.3. The standard InChI is InChI=1S/C11H15FN2O3S/c1-17-9-5-8(6-9)14-18(15,16)11-4-7(12)2-3-10(11)13/h2-4,8-9,14H,5-6,13H2,1H3. The van der Waals surface area contributed by atoms with Gasteiger partial charge in [0.2, 0.25) is 10.0 Å². The molecular formula is C11H15FN2O3S. The van der Waals surface area contributed by atoms with Crippen LogP contribution in [0.4, 0.5) is 10.1 Å². The Labute approximate surface area is 105 Å². The molecule has 0 aliphatic heterocycles. The summed E-state index contributed by atoms with van der Waals surface area (Å²) in [7, 11) is -2.19. The number of nitrogens with one attached hydrogen (secondary N) is 1. The van der Waals surface area contributed by atoms with E-state index in [0.717, 1.165) is 12.1 Å². The average Bonchev–Trinajstić information content (AvgIpc) is 2.26. The van der Waals surface area contributed by atoms with Gasteiger partial charge in [-0.05, 0) is 31.0 Å². The first-order valence-electron chi connectivity index (χ1n) is 5.52. The van der Waals surface area contributed by atoms with Gasteiger partial charge in [-0.3, -0.25) is 0 Å². The maximum Gasteiger partial charge on any atom is 0.242 e. The lowest BCUT2D eigenvalue weighted by Gasteiger charge is -2.34. The fourth-order valence-electron chi connectivity index (χ4n) is 1.88. The van der Waals surface area contributed by atoms with Crippen molar-refractivity contribution in [2.75, 3.05) is 12.8 Å². The van der Waals surface area contributed by atoms with Crippen molar-refractivity contribution in [3.05, 3.63) is 24.0 Å². The first-order chi connectivity index (χ1) is 8.42. The lowest BCUT2D eigenvalue weighted by atomic mass is 9.90. The number of nitrogen functional groups attached to an aromatic ring is 1.